The molecule has 34 heavy (non-hydrogen) atoms. The number of nitrogens with zero attached hydrogens (tertiary/aromatic N) is 3. The van der Waals surface area contributed by atoms with Gasteiger partial charge >= 0.3 is 11.9 Å². The molecule has 0 aliphatic heterocycles. The molecule has 0 saturated heterocycles. The molecule has 9 nitrogen and oxygen atoms in total. The van der Waals surface area contributed by atoms with Crippen molar-refractivity contribution < 1.29 is 23.9 Å². The van der Waals surface area contributed by atoms with Crippen LogP contribution in [0, 0.1) is 6.92 Å². The molecule has 3 heterocycles. The van der Waals surface area contributed by atoms with Gasteiger partial charge in [0, 0.05) is 6.54 Å². The average Bonchev–Trinajstić information content (AvgIpc) is 3.52. The van der Waals surface area contributed by atoms with Crippen molar-refractivity contribution >= 4 is 57.3 Å². The number of carbonyl (C=O) groups is 3. The van der Waals surface area contributed by atoms with E-state index in [4.69, 9.17) is 9.47 Å². The van der Waals surface area contributed by atoms with Crippen molar-refractivity contribution in [1.82, 2.24) is 14.8 Å². The Hall–Kier alpha value is -2.70. The van der Waals surface area contributed by atoms with Crippen molar-refractivity contribution in [2.75, 3.05) is 24.3 Å². The first kappa shape index (κ1) is 25.9. The topological polar surface area (TPSA) is 112 Å². The van der Waals surface area contributed by atoms with Crippen molar-refractivity contribution in [3.63, 3.8) is 0 Å². The first-order valence-corrected chi connectivity index (χ1v) is 13.5. The third-order valence-electron chi connectivity index (χ3n) is 4.58. The van der Waals surface area contributed by atoms with E-state index in [1.807, 2.05) is 22.1 Å². The lowest BCUT2D eigenvalue weighted by molar-refractivity contribution is -0.113. The number of anilines is 1. The molecular weight excluding hydrogens is 496 g/mol. The molecule has 1 amide bonds. The lowest BCUT2D eigenvalue weighted by atomic mass is 10.1. The van der Waals surface area contributed by atoms with E-state index in [-0.39, 0.29) is 40.3 Å². The Kier molecular flexibility index (Phi) is 9.25. The Bertz CT molecular complexity index is 1150. The smallest absolute Gasteiger partial charge is 0.348 e. The lowest BCUT2D eigenvalue weighted by Crippen LogP contribution is -2.17. The standard InChI is InChI=1S/C22H26N4O5S3/c1-5-10-26-18(14-9-8-11-32-14)24-25-22(26)33-12-15(27)23-19-16(20(28)30-6-2)13(4)17(34-19)21(29)31-7-3/h8-9,11H,5-7,10,12H2,1-4H3,(H,23,27). The van der Waals surface area contributed by atoms with Crippen LogP contribution >= 0.6 is 34.4 Å². The van der Waals surface area contributed by atoms with E-state index in [0.29, 0.717) is 10.7 Å². The highest BCUT2D eigenvalue weighted by atomic mass is 32.2. The zero-order valence-electron chi connectivity index (χ0n) is 19.4. The van der Waals surface area contributed by atoms with Crippen molar-refractivity contribution in [3.05, 3.63) is 33.5 Å². The van der Waals surface area contributed by atoms with Gasteiger partial charge in [-0.05, 0) is 44.2 Å². The number of amides is 1. The monoisotopic (exact) mass is 522 g/mol. The Labute approximate surface area is 209 Å². The Morgan fingerprint density at radius 3 is 2.50 bits per heavy atom. The van der Waals surface area contributed by atoms with Crippen molar-refractivity contribution in [2.24, 2.45) is 0 Å². The van der Waals surface area contributed by atoms with Crippen molar-refractivity contribution in [2.45, 2.75) is 45.8 Å². The molecule has 0 bridgehead atoms. The first-order chi connectivity index (χ1) is 16.4. The largest absolute Gasteiger partial charge is 0.462 e. The maximum Gasteiger partial charge on any atom is 0.348 e. The van der Waals surface area contributed by atoms with E-state index in [1.165, 1.54) is 11.8 Å². The number of rotatable bonds is 11. The van der Waals surface area contributed by atoms with Crippen molar-refractivity contribution in [1.29, 1.82) is 0 Å². The van der Waals surface area contributed by atoms with Crippen LogP contribution in [0.4, 0.5) is 5.00 Å². The van der Waals surface area contributed by atoms with E-state index < -0.39 is 11.9 Å². The molecule has 3 aromatic heterocycles. The second-order valence-electron chi connectivity index (χ2n) is 6.97. The van der Waals surface area contributed by atoms with Crippen LogP contribution in [0.3, 0.4) is 0 Å². The van der Waals surface area contributed by atoms with E-state index in [9.17, 15) is 14.4 Å². The predicted molar refractivity (Wildman–Crippen MR) is 134 cm³/mol. The van der Waals surface area contributed by atoms with Crippen LogP contribution in [0.15, 0.2) is 22.7 Å². The number of thioether (sulfide) groups is 1. The summed E-state index contributed by atoms with van der Waals surface area (Å²) in [6.45, 7) is 8.20. The van der Waals surface area contributed by atoms with Crippen LogP contribution in [-0.2, 0) is 20.8 Å². The number of esters is 2. The normalized spacial score (nSPS) is 10.8. The summed E-state index contributed by atoms with van der Waals surface area (Å²) in [6.07, 6.45) is 0.893. The van der Waals surface area contributed by atoms with E-state index in [2.05, 4.69) is 22.4 Å². The van der Waals surface area contributed by atoms with Gasteiger partial charge in [-0.25, -0.2) is 9.59 Å². The maximum absolute atomic E-state index is 12.8. The van der Waals surface area contributed by atoms with E-state index in [0.717, 1.165) is 35.0 Å². The van der Waals surface area contributed by atoms with Crippen LogP contribution in [0.5, 0.6) is 0 Å². The van der Waals surface area contributed by atoms with Crippen LogP contribution < -0.4 is 5.32 Å². The van der Waals surface area contributed by atoms with Crippen LogP contribution in [0.2, 0.25) is 0 Å². The molecule has 0 fully saturated rings. The summed E-state index contributed by atoms with van der Waals surface area (Å²) in [6, 6.07) is 3.94. The summed E-state index contributed by atoms with van der Waals surface area (Å²) < 4.78 is 12.2. The molecule has 12 heteroatoms. The Morgan fingerprint density at radius 1 is 1.12 bits per heavy atom. The molecule has 0 radical (unpaired) electrons. The van der Waals surface area contributed by atoms with Gasteiger partial charge in [0.05, 0.1) is 29.4 Å². The van der Waals surface area contributed by atoms with Crippen LogP contribution in [0.25, 0.3) is 10.7 Å². The molecule has 3 aromatic rings. The Balaban J connectivity index is 1.78. The van der Waals surface area contributed by atoms with Gasteiger partial charge in [0.2, 0.25) is 5.91 Å². The van der Waals surface area contributed by atoms with Gasteiger partial charge in [-0.2, -0.15) is 0 Å². The van der Waals surface area contributed by atoms with Crippen LogP contribution in [-0.4, -0.2) is 51.6 Å². The quantitative estimate of drug-likeness (QED) is 0.280. The minimum Gasteiger partial charge on any atom is -0.462 e. The second-order valence-corrected chi connectivity index (χ2v) is 9.88. The third kappa shape index (κ3) is 5.86. The second kappa shape index (κ2) is 12.1. The molecule has 0 aliphatic rings. The fourth-order valence-corrected chi connectivity index (χ4v) is 5.73. The van der Waals surface area contributed by atoms with Gasteiger partial charge in [0.25, 0.3) is 0 Å². The maximum atomic E-state index is 12.8. The number of ether oxygens (including phenoxy) is 2. The van der Waals surface area contributed by atoms with Gasteiger partial charge in [-0.3, -0.25) is 4.79 Å². The summed E-state index contributed by atoms with van der Waals surface area (Å²) in [7, 11) is 0. The Morgan fingerprint density at radius 2 is 1.85 bits per heavy atom. The number of carbonyl (C=O) groups excluding carboxylic acids is 3. The average molecular weight is 523 g/mol. The molecular formula is C22H26N4O5S3. The summed E-state index contributed by atoms with van der Waals surface area (Å²) in [4.78, 5) is 38.9. The first-order valence-electron chi connectivity index (χ1n) is 10.8. The molecule has 0 saturated carbocycles. The minimum absolute atomic E-state index is 0.0558. The molecule has 182 valence electrons. The summed E-state index contributed by atoms with van der Waals surface area (Å²) in [5.41, 5.74) is 0.593. The fraction of sp³-hybridized carbons (Fsp3) is 0.409. The summed E-state index contributed by atoms with van der Waals surface area (Å²) in [5, 5.41) is 14.2. The van der Waals surface area contributed by atoms with Gasteiger partial charge < -0.3 is 19.4 Å². The lowest BCUT2D eigenvalue weighted by Gasteiger charge is -2.09. The highest BCUT2D eigenvalue weighted by molar-refractivity contribution is 7.99. The molecule has 0 aromatic carbocycles. The van der Waals surface area contributed by atoms with Gasteiger partial charge in [0.1, 0.15) is 9.88 Å². The van der Waals surface area contributed by atoms with Gasteiger partial charge in [-0.1, -0.05) is 24.8 Å². The number of aromatic nitrogens is 3. The number of thiophene rings is 2. The number of nitrogens with one attached hydrogen (secondary N) is 1. The number of hydrogen-bond donors (Lipinski definition) is 1. The fourth-order valence-electron chi connectivity index (χ4n) is 3.14. The molecule has 0 atom stereocenters. The SMILES string of the molecule is CCCn1c(SCC(=O)Nc2sc(C(=O)OCC)c(C)c2C(=O)OCC)nnc1-c1cccs1. The predicted octanol–water partition coefficient (Wildman–Crippen LogP) is 4.87. The molecule has 0 spiro atoms. The summed E-state index contributed by atoms with van der Waals surface area (Å²) in [5.74, 6) is -0.647. The molecule has 0 unspecified atom stereocenters. The van der Waals surface area contributed by atoms with Gasteiger partial charge in [-0.15, -0.1) is 32.9 Å². The van der Waals surface area contributed by atoms with E-state index in [1.54, 1.807) is 32.1 Å². The minimum atomic E-state index is -0.599. The van der Waals surface area contributed by atoms with Crippen molar-refractivity contribution in [3.8, 4) is 10.7 Å². The van der Waals surface area contributed by atoms with E-state index >= 15 is 0 Å². The highest BCUT2D eigenvalue weighted by Crippen LogP contribution is 2.35. The molecule has 0 aliphatic carbocycles. The zero-order valence-corrected chi connectivity index (χ0v) is 21.8. The molecule has 1 N–H and O–H groups in total. The number of hydrogen-bond acceptors (Lipinski definition) is 10. The molecule has 3 rings (SSSR count). The van der Waals surface area contributed by atoms with Gasteiger partial charge in [0.15, 0.2) is 11.0 Å². The summed E-state index contributed by atoms with van der Waals surface area (Å²) >= 11 is 3.85. The zero-order chi connectivity index (χ0) is 24.7. The highest BCUT2D eigenvalue weighted by Gasteiger charge is 2.27. The van der Waals surface area contributed by atoms with Crippen LogP contribution in [0.1, 0.15) is 52.8 Å². The third-order valence-corrected chi connectivity index (χ3v) is 7.60.